The van der Waals surface area contributed by atoms with Gasteiger partial charge in [-0.25, -0.2) is 13.1 Å². The summed E-state index contributed by atoms with van der Waals surface area (Å²) in [5, 5.41) is 3.01. The molecule has 1 fully saturated rings. The highest BCUT2D eigenvalue weighted by Crippen LogP contribution is 2.18. The second-order valence-electron chi connectivity index (χ2n) is 5.14. The molecule has 0 bridgehead atoms. The topological polar surface area (TPSA) is 67.4 Å². The third kappa shape index (κ3) is 3.79. The summed E-state index contributed by atoms with van der Waals surface area (Å²) in [7, 11) is -1.66. The summed E-state index contributed by atoms with van der Waals surface area (Å²) in [6.45, 7) is 3.21. The zero-order valence-electron chi connectivity index (χ0n) is 11.9. The van der Waals surface area contributed by atoms with E-state index in [-0.39, 0.29) is 12.1 Å². The van der Waals surface area contributed by atoms with Gasteiger partial charge in [0.15, 0.2) is 0 Å². The largest absolute Gasteiger partial charge is 0.377 e. The van der Waals surface area contributed by atoms with Crippen LogP contribution in [-0.2, 0) is 21.3 Å². The van der Waals surface area contributed by atoms with Gasteiger partial charge in [-0.1, -0.05) is 12.1 Å². The molecule has 1 saturated heterocycles. The molecule has 0 radical (unpaired) electrons. The number of hydrogen-bond acceptors (Lipinski definition) is 4. The molecule has 0 aromatic heterocycles. The SMILES string of the molecule is CNCc1cccc(S(=O)(=O)NC(C)C2CCCO2)c1. The lowest BCUT2D eigenvalue weighted by molar-refractivity contribution is 0.0902. The van der Waals surface area contributed by atoms with Gasteiger partial charge >= 0.3 is 0 Å². The Bertz CT molecular complexity index is 539. The Hall–Kier alpha value is -0.950. The van der Waals surface area contributed by atoms with Crippen LogP contribution in [0.2, 0.25) is 0 Å². The predicted octanol–water partition coefficient (Wildman–Crippen LogP) is 1.25. The van der Waals surface area contributed by atoms with Crippen molar-refractivity contribution in [1.82, 2.24) is 10.0 Å². The van der Waals surface area contributed by atoms with Crippen molar-refractivity contribution in [2.45, 2.75) is 43.4 Å². The third-order valence-corrected chi connectivity index (χ3v) is 5.01. The van der Waals surface area contributed by atoms with Crippen LogP contribution in [0, 0.1) is 0 Å². The molecule has 1 aromatic rings. The fraction of sp³-hybridized carbons (Fsp3) is 0.571. The van der Waals surface area contributed by atoms with Crippen LogP contribution in [0.15, 0.2) is 29.2 Å². The first-order valence-electron chi connectivity index (χ1n) is 6.90. The lowest BCUT2D eigenvalue weighted by Gasteiger charge is -2.20. The second-order valence-corrected chi connectivity index (χ2v) is 6.85. The summed E-state index contributed by atoms with van der Waals surface area (Å²) in [5.74, 6) is 0. The lowest BCUT2D eigenvalue weighted by Crippen LogP contribution is -2.40. The van der Waals surface area contributed by atoms with Crippen molar-refractivity contribution < 1.29 is 13.2 Å². The Kier molecular flexibility index (Phi) is 5.15. The van der Waals surface area contributed by atoms with Gasteiger partial charge in [-0.15, -0.1) is 0 Å². The Morgan fingerprint density at radius 3 is 2.90 bits per heavy atom. The minimum Gasteiger partial charge on any atom is -0.377 e. The molecule has 1 heterocycles. The van der Waals surface area contributed by atoms with E-state index in [9.17, 15) is 8.42 Å². The number of nitrogens with one attached hydrogen (secondary N) is 2. The van der Waals surface area contributed by atoms with E-state index in [1.807, 2.05) is 20.0 Å². The predicted molar refractivity (Wildman–Crippen MR) is 78.0 cm³/mol. The first-order valence-corrected chi connectivity index (χ1v) is 8.39. The van der Waals surface area contributed by atoms with Gasteiger partial charge in [-0.05, 0) is 44.5 Å². The maximum atomic E-state index is 12.4. The molecule has 6 heteroatoms. The molecule has 0 saturated carbocycles. The molecule has 2 atom stereocenters. The third-order valence-electron chi connectivity index (χ3n) is 3.45. The van der Waals surface area contributed by atoms with Crippen LogP contribution >= 0.6 is 0 Å². The zero-order valence-corrected chi connectivity index (χ0v) is 12.7. The molecule has 5 nitrogen and oxygen atoms in total. The first-order chi connectivity index (χ1) is 9.53. The summed E-state index contributed by atoms with van der Waals surface area (Å²) in [6, 6.07) is 6.76. The van der Waals surface area contributed by atoms with Crippen molar-refractivity contribution in [3.63, 3.8) is 0 Å². The molecule has 20 heavy (non-hydrogen) atoms. The van der Waals surface area contributed by atoms with Gasteiger partial charge in [0.05, 0.1) is 11.0 Å². The van der Waals surface area contributed by atoms with Crippen molar-refractivity contribution >= 4 is 10.0 Å². The van der Waals surface area contributed by atoms with Crippen molar-refractivity contribution in [2.24, 2.45) is 0 Å². The summed E-state index contributed by atoms with van der Waals surface area (Å²) in [5.41, 5.74) is 0.945. The molecular weight excluding hydrogens is 276 g/mol. The number of rotatable bonds is 6. The second kappa shape index (κ2) is 6.67. The summed E-state index contributed by atoms with van der Waals surface area (Å²) >= 11 is 0. The maximum absolute atomic E-state index is 12.4. The Labute approximate surface area is 120 Å². The van der Waals surface area contributed by atoms with Crippen molar-refractivity contribution in [1.29, 1.82) is 0 Å². The first kappa shape index (κ1) is 15.4. The van der Waals surface area contributed by atoms with Crippen molar-refractivity contribution in [3.05, 3.63) is 29.8 Å². The van der Waals surface area contributed by atoms with E-state index < -0.39 is 10.0 Å². The van der Waals surface area contributed by atoms with Gasteiger partial charge in [0.2, 0.25) is 10.0 Å². The molecule has 2 N–H and O–H groups in total. The molecule has 0 aliphatic carbocycles. The normalized spacial score (nSPS) is 21.0. The molecule has 0 amide bonds. The van der Waals surface area contributed by atoms with Crippen LogP contribution in [0.5, 0.6) is 0 Å². The van der Waals surface area contributed by atoms with Crippen LogP contribution in [0.1, 0.15) is 25.3 Å². The quantitative estimate of drug-likeness (QED) is 0.829. The van der Waals surface area contributed by atoms with E-state index in [2.05, 4.69) is 10.0 Å². The minimum absolute atomic E-state index is 0.0229. The van der Waals surface area contributed by atoms with Crippen LogP contribution in [0.4, 0.5) is 0 Å². The Balaban J connectivity index is 2.10. The van der Waals surface area contributed by atoms with Crippen LogP contribution in [0.3, 0.4) is 0 Å². The highest BCUT2D eigenvalue weighted by atomic mass is 32.2. The van der Waals surface area contributed by atoms with Crippen molar-refractivity contribution in [2.75, 3.05) is 13.7 Å². The summed E-state index contributed by atoms with van der Waals surface area (Å²) in [6.07, 6.45) is 1.88. The summed E-state index contributed by atoms with van der Waals surface area (Å²) in [4.78, 5) is 0.301. The molecular formula is C14H22N2O3S. The van der Waals surface area contributed by atoms with Crippen LogP contribution < -0.4 is 10.0 Å². The van der Waals surface area contributed by atoms with E-state index in [4.69, 9.17) is 4.74 Å². The van der Waals surface area contributed by atoms with Crippen LogP contribution in [0.25, 0.3) is 0 Å². The van der Waals surface area contributed by atoms with Gasteiger partial charge in [-0.3, -0.25) is 0 Å². The number of hydrogen-bond donors (Lipinski definition) is 2. The smallest absolute Gasteiger partial charge is 0.240 e. The average molecular weight is 298 g/mol. The average Bonchev–Trinajstić information content (AvgIpc) is 2.93. The zero-order chi connectivity index (χ0) is 14.6. The molecule has 2 unspecified atom stereocenters. The van der Waals surface area contributed by atoms with Crippen molar-refractivity contribution in [3.8, 4) is 0 Å². The van der Waals surface area contributed by atoms with E-state index in [0.717, 1.165) is 18.4 Å². The van der Waals surface area contributed by atoms with Gasteiger partial charge in [0.25, 0.3) is 0 Å². The lowest BCUT2D eigenvalue weighted by atomic mass is 10.1. The van der Waals surface area contributed by atoms with Gasteiger partial charge in [0, 0.05) is 19.2 Å². The molecule has 1 aliphatic heterocycles. The van der Waals surface area contributed by atoms with E-state index in [0.29, 0.717) is 18.0 Å². The number of benzene rings is 1. The molecule has 2 rings (SSSR count). The molecule has 1 aromatic carbocycles. The van der Waals surface area contributed by atoms with Gasteiger partial charge in [0.1, 0.15) is 0 Å². The highest BCUT2D eigenvalue weighted by molar-refractivity contribution is 7.89. The minimum atomic E-state index is -3.50. The van der Waals surface area contributed by atoms with Gasteiger partial charge in [-0.2, -0.15) is 0 Å². The number of ether oxygens (including phenoxy) is 1. The maximum Gasteiger partial charge on any atom is 0.240 e. The van der Waals surface area contributed by atoms with E-state index >= 15 is 0 Å². The molecule has 112 valence electrons. The van der Waals surface area contributed by atoms with Crippen LogP contribution in [-0.4, -0.2) is 34.2 Å². The fourth-order valence-electron chi connectivity index (χ4n) is 2.41. The van der Waals surface area contributed by atoms with E-state index in [1.54, 1.807) is 18.2 Å². The Morgan fingerprint density at radius 1 is 1.45 bits per heavy atom. The molecule has 1 aliphatic rings. The standard InChI is InChI=1S/C14H22N2O3S/c1-11(14-7-4-8-19-14)16-20(17,18)13-6-3-5-12(9-13)10-15-2/h3,5-6,9,11,14-16H,4,7-8,10H2,1-2H3. The van der Waals surface area contributed by atoms with E-state index in [1.165, 1.54) is 0 Å². The van der Waals surface area contributed by atoms with Gasteiger partial charge < -0.3 is 10.1 Å². The summed E-state index contributed by atoms with van der Waals surface area (Å²) < 4.78 is 33.0. The number of sulfonamides is 1. The Morgan fingerprint density at radius 2 is 2.25 bits per heavy atom. The highest BCUT2D eigenvalue weighted by Gasteiger charge is 2.26. The monoisotopic (exact) mass is 298 g/mol. The molecule has 0 spiro atoms. The fourth-order valence-corrected chi connectivity index (χ4v) is 3.75.